The molecule has 1 aliphatic rings. The molecule has 1 N–H and O–H groups in total. The number of hydrogen-bond acceptors (Lipinski definition) is 1. The Kier molecular flexibility index (Phi) is 3.32. The van der Waals surface area contributed by atoms with Crippen LogP contribution < -0.4 is 0 Å². The molecule has 0 amide bonds. The molecule has 2 heteroatoms. The molecule has 2 nitrogen and oxygen atoms in total. The van der Waals surface area contributed by atoms with E-state index in [1.807, 2.05) is 6.08 Å². The Labute approximate surface area is 73.3 Å². The summed E-state index contributed by atoms with van der Waals surface area (Å²) in [6, 6.07) is 0. The van der Waals surface area contributed by atoms with E-state index in [2.05, 4.69) is 6.92 Å². The van der Waals surface area contributed by atoms with Crippen LogP contribution in [0.1, 0.15) is 39.0 Å². The van der Waals surface area contributed by atoms with Crippen molar-refractivity contribution in [1.82, 2.24) is 0 Å². The van der Waals surface area contributed by atoms with Crippen LogP contribution in [0, 0.1) is 5.92 Å². The molecule has 0 atom stereocenters. The molecule has 0 spiro atoms. The molecule has 0 bridgehead atoms. The summed E-state index contributed by atoms with van der Waals surface area (Å²) in [6.45, 7) is 2.05. The Morgan fingerprint density at radius 2 is 2.08 bits per heavy atom. The number of hydrogen-bond donors (Lipinski definition) is 1. The van der Waals surface area contributed by atoms with Crippen molar-refractivity contribution < 1.29 is 9.90 Å². The third-order valence-corrected chi connectivity index (χ3v) is 2.60. The van der Waals surface area contributed by atoms with Crippen molar-refractivity contribution in [1.29, 1.82) is 0 Å². The SMILES string of the molecule is C/C(=C\CC(=O)O)C1CCCC1. The molecule has 0 aromatic rings. The van der Waals surface area contributed by atoms with Gasteiger partial charge < -0.3 is 5.11 Å². The van der Waals surface area contributed by atoms with Gasteiger partial charge in [0.25, 0.3) is 0 Å². The van der Waals surface area contributed by atoms with Gasteiger partial charge in [-0.3, -0.25) is 4.79 Å². The monoisotopic (exact) mass is 168 g/mol. The minimum atomic E-state index is -0.729. The second kappa shape index (κ2) is 4.29. The lowest BCUT2D eigenvalue weighted by atomic mass is 9.98. The first-order chi connectivity index (χ1) is 5.70. The van der Waals surface area contributed by atoms with Crippen LogP contribution in [0.5, 0.6) is 0 Å². The minimum absolute atomic E-state index is 0.183. The van der Waals surface area contributed by atoms with Crippen LogP contribution >= 0.6 is 0 Å². The van der Waals surface area contributed by atoms with Crippen LogP contribution in [0.4, 0.5) is 0 Å². The van der Waals surface area contributed by atoms with Crippen molar-refractivity contribution in [2.45, 2.75) is 39.0 Å². The molecule has 0 saturated heterocycles. The fraction of sp³-hybridized carbons (Fsp3) is 0.700. The topological polar surface area (TPSA) is 37.3 Å². The maximum atomic E-state index is 10.3. The van der Waals surface area contributed by atoms with Crippen LogP contribution in [-0.2, 0) is 4.79 Å². The van der Waals surface area contributed by atoms with Gasteiger partial charge >= 0.3 is 5.97 Å². The van der Waals surface area contributed by atoms with Crippen molar-refractivity contribution >= 4 is 5.97 Å². The van der Waals surface area contributed by atoms with Gasteiger partial charge in [-0.1, -0.05) is 24.5 Å². The van der Waals surface area contributed by atoms with Gasteiger partial charge in [-0.05, 0) is 25.7 Å². The molecular weight excluding hydrogens is 152 g/mol. The predicted molar refractivity (Wildman–Crippen MR) is 48.0 cm³/mol. The van der Waals surface area contributed by atoms with E-state index in [1.54, 1.807) is 0 Å². The fourth-order valence-electron chi connectivity index (χ4n) is 1.80. The first-order valence-corrected chi connectivity index (χ1v) is 4.58. The summed E-state index contributed by atoms with van der Waals surface area (Å²) >= 11 is 0. The van der Waals surface area contributed by atoms with Crippen molar-refractivity contribution in [2.24, 2.45) is 5.92 Å². The highest BCUT2D eigenvalue weighted by molar-refractivity contribution is 5.68. The van der Waals surface area contributed by atoms with E-state index >= 15 is 0 Å². The molecule has 0 radical (unpaired) electrons. The second-order valence-electron chi connectivity index (χ2n) is 3.53. The number of rotatable bonds is 3. The van der Waals surface area contributed by atoms with Crippen LogP contribution in [-0.4, -0.2) is 11.1 Å². The highest BCUT2D eigenvalue weighted by Crippen LogP contribution is 2.30. The molecule has 1 aliphatic carbocycles. The molecule has 1 rings (SSSR count). The first-order valence-electron chi connectivity index (χ1n) is 4.58. The Morgan fingerprint density at radius 1 is 1.50 bits per heavy atom. The van der Waals surface area contributed by atoms with Gasteiger partial charge in [-0.15, -0.1) is 0 Å². The highest BCUT2D eigenvalue weighted by Gasteiger charge is 2.15. The standard InChI is InChI=1S/C10H16O2/c1-8(6-7-10(11)12)9-4-2-3-5-9/h6,9H,2-5,7H2,1H3,(H,11,12)/b8-6+. The van der Waals surface area contributed by atoms with Gasteiger partial charge in [0, 0.05) is 0 Å². The summed E-state index contributed by atoms with van der Waals surface area (Å²) in [5.41, 5.74) is 1.27. The lowest BCUT2D eigenvalue weighted by molar-refractivity contribution is -0.136. The molecule has 12 heavy (non-hydrogen) atoms. The van der Waals surface area contributed by atoms with Crippen molar-refractivity contribution in [3.63, 3.8) is 0 Å². The van der Waals surface area contributed by atoms with Gasteiger partial charge in [0.2, 0.25) is 0 Å². The number of aliphatic carboxylic acids is 1. The molecule has 0 unspecified atom stereocenters. The third kappa shape index (κ3) is 2.68. The average molecular weight is 168 g/mol. The predicted octanol–water partition coefficient (Wildman–Crippen LogP) is 2.60. The molecule has 0 heterocycles. The zero-order valence-electron chi connectivity index (χ0n) is 7.55. The zero-order valence-corrected chi connectivity index (χ0v) is 7.55. The molecule has 0 aromatic heterocycles. The van der Waals surface area contributed by atoms with E-state index in [-0.39, 0.29) is 6.42 Å². The summed E-state index contributed by atoms with van der Waals surface area (Å²) in [7, 11) is 0. The van der Waals surface area contributed by atoms with Crippen LogP contribution in [0.2, 0.25) is 0 Å². The largest absolute Gasteiger partial charge is 0.481 e. The van der Waals surface area contributed by atoms with E-state index in [4.69, 9.17) is 5.11 Å². The molecule has 0 aliphatic heterocycles. The van der Waals surface area contributed by atoms with E-state index < -0.39 is 5.97 Å². The van der Waals surface area contributed by atoms with Gasteiger partial charge in [-0.25, -0.2) is 0 Å². The first kappa shape index (κ1) is 9.30. The number of carboxylic acid groups (broad SMARTS) is 1. The molecule has 0 aromatic carbocycles. The molecule has 68 valence electrons. The van der Waals surface area contributed by atoms with E-state index in [1.165, 1.54) is 31.3 Å². The lowest BCUT2D eigenvalue weighted by Crippen LogP contribution is -1.97. The van der Waals surface area contributed by atoms with Gasteiger partial charge in [-0.2, -0.15) is 0 Å². The normalized spacial score (nSPS) is 19.9. The summed E-state index contributed by atoms with van der Waals surface area (Å²) < 4.78 is 0. The van der Waals surface area contributed by atoms with E-state index in [9.17, 15) is 4.79 Å². The second-order valence-corrected chi connectivity index (χ2v) is 3.53. The number of allylic oxidation sites excluding steroid dienone is 1. The van der Waals surface area contributed by atoms with Crippen molar-refractivity contribution in [2.75, 3.05) is 0 Å². The lowest BCUT2D eigenvalue weighted by Gasteiger charge is -2.08. The van der Waals surface area contributed by atoms with Crippen molar-refractivity contribution in [3.8, 4) is 0 Å². The van der Waals surface area contributed by atoms with Crippen LogP contribution in [0.3, 0.4) is 0 Å². The van der Waals surface area contributed by atoms with Crippen LogP contribution in [0.15, 0.2) is 11.6 Å². The summed E-state index contributed by atoms with van der Waals surface area (Å²) in [5, 5.41) is 8.46. The quantitative estimate of drug-likeness (QED) is 0.658. The minimum Gasteiger partial charge on any atom is -0.481 e. The van der Waals surface area contributed by atoms with Gasteiger partial charge in [0.05, 0.1) is 6.42 Å². The Balaban J connectivity index is 2.39. The van der Waals surface area contributed by atoms with Crippen LogP contribution in [0.25, 0.3) is 0 Å². The van der Waals surface area contributed by atoms with E-state index in [0.29, 0.717) is 5.92 Å². The maximum Gasteiger partial charge on any atom is 0.307 e. The molecule has 1 fully saturated rings. The smallest absolute Gasteiger partial charge is 0.307 e. The molecular formula is C10H16O2. The summed E-state index contributed by atoms with van der Waals surface area (Å²) in [6.07, 6.45) is 7.16. The summed E-state index contributed by atoms with van der Waals surface area (Å²) in [5.74, 6) is -0.0586. The average Bonchev–Trinajstić information content (AvgIpc) is 2.51. The van der Waals surface area contributed by atoms with Gasteiger partial charge in [0.1, 0.15) is 0 Å². The molecule has 1 saturated carbocycles. The fourth-order valence-corrected chi connectivity index (χ4v) is 1.80. The van der Waals surface area contributed by atoms with Gasteiger partial charge in [0.15, 0.2) is 0 Å². The third-order valence-electron chi connectivity index (χ3n) is 2.60. The number of carbonyl (C=O) groups is 1. The van der Waals surface area contributed by atoms with E-state index in [0.717, 1.165) is 0 Å². The number of carboxylic acids is 1. The highest BCUT2D eigenvalue weighted by atomic mass is 16.4. The Bertz CT molecular complexity index is 188. The Hall–Kier alpha value is -0.790. The van der Waals surface area contributed by atoms with Crippen molar-refractivity contribution in [3.05, 3.63) is 11.6 Å². The maximum absolute atomic E-state index is 10.3. The summed E-state index contributed by atoms with van der Waals surface area (Å²) in [4.78, 5) is 10.3. The zero-order chi connectivity index (χ0) is 8.97. The Morgan fingerprint density at radius 3 is 2.58 bits per heavy atom.